The number of nitrogens with two attached hydrogens (primary N) is 1. The van der Waals surface area contributed by atoms with E-state index in [0.29, 0.717) is 6.29 Å². The van der Waals surface area contributed by atoms with Crippen LogP contribution in [0.3, 0.4) is 0 Å². The van der Waals surface area contributed by atoms with Crippen LogP contribution in [0.5, 0.6) is 0 Å². The number of carbonyl (C=O) groups excluding carboxylic acids is 1. The van der Waals surface area contributed by atoms with Crippen LogP contribution in [0, 0.1) is 0 Å². The molecule has 7 heteroatoms. The Hall–Kier alpha value is -0.790. The smallest absolute Gasteiger partial charge is 0.314 e. The van der Waals surface area contributed by atoms with Crippen LogP contribution in [0.1, 0.15) is 0 Å². The summed E-state index contributed by atoms with van der Waals surface area (Å²) in [5.74, 6) is 0. The molecule has 0 rings (SSSR count). The molecule has 0 radical (unpaired) electrons. The molecule has 11 heavy (non-hydrogen) atoms. The van der Waals surface area contributed by atoms with Crippen molar-refractivity contribution in [2.75, 3.05) is 13.6 Å². The van der Waals surface area contributed by atoms with E-state index in [0.717, 1.165) is 0 Å². The van der Waals surface area contributed by atoms with E-state index >= 15 is 0 Å². The molecule has 3 N–H and O–H groups in total. The summed E-state index contributed by atoms with van der Waals surface area (Å²) >= 11 is 0. The number of rotatable bonds is 4. The number of hydrogen-bond donors (Lipinski definition) is 2. The van der Waals surface area contributed by atoms with Gasteiger partial charge in [-0.3, -0.25) is 4.79 Å². The predicted molar refractivity (Wildman–Crippen MR) is 40.5 cm³/mol. The zero-order valence-electron chi connectivity index (χ0n) is 5.94. The van der Waals surface area contributed by atoms with Gasteiger partial charge in [-0.2, -0.15) is 12.8 Å². The fourth-order valence-electron chi connectivity index (χ4n) is 0.440. The van der Waals surface area contributed by atoms with Gasteiger partial charge in [0.15, 0.2) is 6.29 Å². The van der Waals surface area contributed by atoms with E-state index in [4.69, 9.17) is 0 Å². The first-order valence-electron chi connectivity index (χ1n) is 2.71. The van der Waals surface area contributed by atoms with Gasteiger partial charge in [0.05, 0.1) is 0 Å². The summed E-state index contributed by atoms with van der Waals surface area (Å²) in [6.45, 7) is 0.0833. The first-order valence-corrected chi connectivity index (χ1v) is 4.21. The minimum absolute atomic E-state index is 0.0833. The lowest BCUT2D eigenvalue weighted by Crippen LogP contribution is -2.22. The summed E-state index contributed by atoms with van der Waals surface area (Å²) in [6, 6.07) is 0. The van der Waals surface area contributed by atoms with E-state index in [1.807, 2.05) is 0 Å². The number of aldehydes is 1. The summed E-state index contributed by atoms with van der Waals surface area (Å²) < 4.78 is 23.5. The lowest BCUT2D eigenvalue weighted by molar-refractivity contribution is -0.102. The largest absolute Gasteiger partial charge is 0.317 e. The van der Waals surface area contributed by atoms with Crippen LogP contribution in [0.15, 0.2) is 4.40 Å². The number of nitrogens with zero attached hydrogens (tertiary/aromatic N) is 1. The fraction of sp³-hybridized carbons (Fsp3) is 0.500. The molecular formula is C4H9N3O3S. The SMILES string of the molecule is CNCC(C=O)=NS(N)(=O)=O. The number of carbonyl (C=O) groups is 1. The van der Waals surface area contributed by atoms with Crippen LogP contribution in [0.25, 0.3) is 0 Å². The van der Waals surface area contributed by atoms with Crippen molar-refractivity contribution in [3.8, 4) is 0 Å². The first kappa shape index (κ1) is 10.2. The quantitative estimate of drug-likeness (QED) is 0.386. The molecule has 0 fully saturated rings. The minimum atomic E-state index is -3.94. The van der Waals surface area contributed by atoms with Crippen LogP contribution in [-0.2, 0) is 15.0 Å². The van der Waals surface area contributed by atoms with Gasteiger partial charge >= 0.3 is 10.2 Å². The third-order valence-corrected chi connectivity index (χ3v) is 1.23. The number of hydrogen-bond acceptors (Lipinski definition) is 4. The zero-order chi connectivity index (χ0) is 8.91. The molecule has 0 amide bonds. The molecule has 0 saturated carbocycles. The predicted octanol–water partition coefficient (Wildman–Crippen LogP) is -1.95. The summed E-state index contributed by atoms with van der Waals surface area (Å²) in [7, 11) is -2.38. The molecule has 0 atom stereocenters. The monoisotopic (exact) mass is 179 g/mol. The summed E-state index contributed by atoms with van der Waals surface area (Å²) in [5, 5.41) is 7.10. The van der Waals surface area contributed by atoms with Crippen molar-refractivity contribution in [1.82, 2.24) is 5.32 Å². The molecule has 0 aliphatic heterocycles. The van der Waals surface area contributed by atoms with Crippen molar-refractivity contribution in [2.24, 2.45) is 9.54 Å². The topological polar surface area (TPSA) is 102 Å². The van der Waals surface area contributed by atoms with Crippen molar-refractivity contribution in [1.29, 1.82) is 0 Å². The van der Waals surface area contributed by atoms with E-state index in [2.05, 4.69) is 14.9 Å². The zero-order valence-corrected chi connectivity index (χ0v) is 6.76. The molecule has 64 valence electrons. The van der Waals surface area contributed by atoms with Gasteiger partial charge in [0.1, 0.15) is 5.71 Å². The second-order valence-corrected chi connectivity index (χ2v) is 2.96. The molecule has 6 nitrogen and oxygen atoms in total. The van der Waals surface area contributed by atoms with Gasteiger partial charge in [0.25, 0.3) is 0 Å². The van der Waals surface area contributed by atoms with Crippen molar-refractivity contribution < 1.29 is 13.2 Å². The lowest BCUT2D eigenvalue weighted by atomic mass is 10.4. The molecule has 0 bridgehead atoms. The van der Waals surface area contributed by atoms with E-state index in [1.54, 1.807) is 7.05 Å². The Labute approximate surface area is 64.7 Å². The normalized spacial score (nSPS) is 13.1. The molecule has 0 aliphatic carbocycles. The van der Waals surface area contributed by atoms with Gasteiger partial charge in [-0.25, -0.2) is 5.14 Å². The number of nitrogens with one attached hydrogen (secondary N) is 1. The van der Waals surface area contributed by atoms with E-state index in [1.165, 1.54) is 0 Å². The lowest BCUT2D eigenvalue weighted by Gasteiger charge is -1.94. The second kappa shape index (κ2) is 4.16. The van der Waals surface area contributed by atoms with Crippen molar-refractivity contribution in [2.45, 2.75) is 0 Å². The first-order chi connectivity index (χ1) is 4.99. The summed E-state index contributed by atoms with van der Waals surface area (Å²) in [4.78, 5) is 10.1. The van der Waals surface area contributed by atoms with Gasteiger partial charge in [0.2, 0.25) is 0 Å². The minimum Gasteiger partial charge on any atom is -0.314 e. The Morgan fingerprint density at radius 3 is 2.55 bits per heavy atom. The summed E-state index contributed by atoms with van der Waals surface area (Å²) in [6.07, 6.45) is 0.334. The average molecular weight is 179 g/mol. The van der Waals surface area contributed by atoms with Gasteiger partial charge in [-0.05, 0) is 7.05 Å². The Morgan fingerprint density at radius 1 is 1.73 bits per heavy atom. The molecule has 0 saturated heterocycles. The van der Waals surface area contributed by atoms with E-state index in [9.17, 15) is 13.2 Å². The molecule has 0 spiro atoms. The Bertz CT molecular complexity index is 256. The molecule has 0 heterocycles. The molecule has 0 aromatic heterocycles. The van der Waals surface area contributed by atoms with Crippen LogP contribution in [0.2, 0.25) is 0 Å². The maximum absolute atomic E-state index is 10.3. The van der Waals surface area contributed by atoms with Gasteiger partial charge in [-0.1, -0.05) is 0 Å². The molecule has 0 aromatic carbocycles. The highest BCUT2D eigenvalue weighted by Gasteiger charge is 2.01. The Kier molecular flexibility index (Phi) is 3.86. The van der Waals surface area contributed by atoms with Crippen LogP contribution in [-0.4, -0.2) is 34.0 Å². The second-order valence-electron chi connectivity index (χ2n) is 1.75. The maximum Gasteiger partial charge on any atom is 0.317 e. The highest BCUT2D eigenvalue weighted by atomic mass is 32.2. The van der Waals surface area contributed by atoms with E-state index in [-0.39, 0.29) is 12.3 Å². The van der Waals surface area contributed by atoms with Gasteiger partial charge in [0, 0.05) is 6.54 Å². The van der Waals surface area contributed by atoms with Crippen molar-refractivity contribution >= 4 is 22.2 Å². The van der Waals surface area contributed by atoms with Crippen molar-refractivity contribution in [3.63, 3.8) is 0 Å². The highest BCUT2D eigenvalue weighted by molar-refractivity contribution is 7.88. The molecule has 0 aromatic rings. The Balaban J connectivity index is 4.49. The molecular weight excluding hydrogens is 170 g/mol. The molecule has 0 aliphatic rings. The summed E-state index contributed by atoms with van der Waals surface area (Å²) in [5.41, 5.74) is -0.144. The van der Waals surface area contributed by atoms with Gasteiger partial charge < -0.3 is 5.32 Å². The van der Waals surface area contributed by atoms with E-state index < -0.39 is 10.2 Å². The fourth-order valence-corrected chi connectivity index (χ4v) is 0.874. The third kappa shape index (κ3) is 5.64. The van der Waals surface area contributed by atoms with Crippen LogP contribution in [0.4, 0.5) is 0 Å². The molecule has 0 unspecified atom stereocenters. The standard InChI is InChI=1S/C4H9N3O3S/c1-6-2-4(3-8)7-11(5,9)10/h3,6H,2H2,1H3,(H2,5,9,10). The van der Waals surface area contributed by atoms with Crippen LogP contribution >= 0.6 is 0 Å². The van der Waals surface area contributed by atoms with Gasteiger partial charge in [-0.15, -0.1) is 0 Å². The highest BCUT2D eigenvalue weighted by Crippen LogP contribution is 1.80. The van der Waals surface area contributed by atoms with Crippen molar-refractivity contribution in [3.05, 3.63) is 0 Å². The maximum atomic E-state index is 10.3. The average Bonchev–Trinajstić information content (AvgIpc) is 1.84. The Morgan fingerprint density at radius 2 is 2.27 bits per heavy atom. The van der Waals surface area contributed by atoms with Crippen LogP contribution < -0.4 is 10.5 Å². The third-order valence-electron chi connectivity index (χ3n) is 0.738.